The maximum atomic E-state index is 12.6. The van der Waals surface area contributed by atoms with Gasteiger partial charge in [0.2, 0.25) is 0 Å². The number of thiophene rings is 1. The van der Waals surface area contributed by atoms with Gasteiger partial charge in [0, 0.05) is 7.05 Å². The molecule has 1 aromatic heterocycles. The van der Waals surface area contributed by atoms with Crippen LogP contribution in [-0.4, -0.2) is 34.3 Å². The number of nitrogens with zero attached hydrogens (tertiary/aromatic N) is 1. The van der Waals surface area contributed by atoms with Gasteiger partial charge in [-0.25, -0.2) is 8.42 Å². The lowest BCUT2D eigenvalue weighted by atomic mass is 10.3. The number of amides is 1. The molecular weight excluding hydrogens is 469 g/mol. The summed E-state index contributed by atoms with van der Waals surface area (Å²) < 4.78 is 73.0. The molecule has 0 saturated carbocycles. The molecule has 0 radical (unpaired) electrons. The molecule has 0 bridgehead atoms. The van der Waals surface area contributed by atoms with E-state index >= 15 is 0 Å². The molecule has 0 atom stereocenters. The molecule has 3 rings (SSSR count). The van der Waals surface area contributed by atoms with Crippen LogP contribution in [0.5, 0.6) is 11.5 Å². The van der Waals surface area contributed by atoms with Gasteiger partial charge in [0.25, 0.3) is 15.9 Å². The zero-order chi connectivity index (χ0) is 23.4. The summed E-state index contributed by atoms with van der Waals surface area (Å²) in [7, 11) is -2.27. The predicted octanol–water partition coefficient (Wildman–Crippen LogP) is 4.49. The largest absolute Gasteiger partial charge is 0.573 e. The second-order valence-corrected chi connectivity index (χ2v) is 9.42. The first-order chi connectivity index (χ1) is 15.1. The molecule has 0 fully saturated rings. The van der Waals surface area contributed by atoms with Crippen LogP contribution >= 0.6 is 11.3 Å². The van der Waals surface area contributed by atoms with E-state index in [1.165, 1.54) is 55.6 Å². The van der Waals surface area contributed by atoms with Gasteiger partial charge in [0.05, 0.1) is 11.4 Å². The molecule has 1 N–H and O–H groups in total. The quantitative estimate of drug-likeness (QED) is 0.507. The minimum atomic E-state index is -4.90. The number of anilines is 2. The number of ether oxygens (including phenoxy) is 2. The number of rotatable bonds is 8. The first kappa shape index (κ1) is 23.4. The summed E-state index contributed by atoms with van der Waals surface area (Å²) in [5.74, 6) is -0.983. The van der Waals surface area contributed by atoms with Crippen molar-refractivity contribution >= 4 is 38.6 Å². The molecular formula is C20H17F3N2O5S2. The van der Waals surface area contributed by atoms with E-state index < -0.39 is 34.6 Å². The van der Waals surface area contributed by atoms with Crippen molar-refractivity contribution in [1.29, 1.82) is 0 Å². The topological polar surface area (TPSA) is 84.9 Å². The van der Waals surface area contributed by atoms with Gasteiger partial charge in [-0.15, -0.1) is 24.5 Å². The summed E-state index contributed by atoms with van der Waals surface area (Å²) in [6.45, 7) is -0.483. The van der Waals surface area contributed by atoms with Crippen molar-refractivity contribution in [2.75, 3.05) is 23.3 Å². The highest BCUT2D eigenvalue weighted by Gasteiger charge is 2.32. The molecule has 0 unspecified atom stereocenters. The summed E-state index contributed by atoms with van der Waals surface area (Å²) in [4.78, 5) is 12.1. The van der Waals surface area contributed by atoms with E-state index in [4.69, 9.17) is 4.74 Å². The van der Waals surface area contributed by atoms with Crippen LogP contribution in [0.2, 0.25) is 0 Å². The van der Waals surface area contributed by atoms with Crippen molar-refractivity contribution in [1.82, 2.24) is 0 Å². The Hall–Kier alpha value is -3.25. The number of carbonyl (C=O) groups is 1. The number of para-hydroxylation sites is 2. The molecule has 0 aliphatic rings. The summed E-state index contributed by atoms with van der Waals surface area (Å²) in [5, 5.41) is 3.96. The molecule has 1 heterocycles. The Kier molecular flexibility index (Phi) is 6.94. The molecule has 2 aromatic carbocycles. The lowest BCUT2D eigenvalue weighted by molar-refractivity contribution is -0.274. The average Bonchev–Trinajstić information content (AvgIpc) is 3.28. The number of hydrogen-bond acceptors (Lipinski definition) is 6. The molecule has 3 aromatic rings. The Morgan fingerprint density at radius 1 is 1.06 bits per heavy atom. The van der Waals surface area contributed by atoms with Gasteiger partial charge in [-0.1, -0.05) is 18.2 Å². The van der Waals surface area contributed by atoms with Gasteiger partial charge in [-0.3, -0.25) is 9.10 Å². The Morgan fingerprint density at radius 2 is 1.75 bits per heavy atom. The maximum absolute atomic E-state index is 12.6. The van der Waals surface area contributed by atoms with Crippen LogP contribution in [-0.2, 0) is 14.8 Å². The standard InChI is InChI=1S/C20H17F3N2O5S2/c1-25(32(27,28)19-7-4-12-31-19)14-8-10-15(11-9-14)29-13-18(26)24-16-5-2-3-6-17(16)30-20(21,22)23/h2-12H,13H2,1H3,(H,24,26). The average molecular weight is 486 g/mol. The third-order valence-corrected chi connectivity index (χ3v) is 7.23. The molecule has 170 valence electrons. The molecule has 0 aliphatic heterocycles. The molecule has 0 spiro atoms. The number of halogens is 3. The third-order valence-electron chi connectivity index (χ3n) is 4.07. The zero-order valence-corrected chi connectivity index (χ0v) is 18.1. The fourth-order valence-corrected chi connectivity index (χ4v) is 4.91. The molecule has 0 saturated heterocycles. The second kappa shape index (κ2) is 9.49. The molecule has 1 amide bonds. The normalized spacial score (nSPS) is 11.6. The van der Waals surface area contributed by atoms with Crippen LogP contribution < -0.4 is 19.1 Å². The zero-order valence-electron chi connectivity index (χ0n) is 16.5. The Bertz CT molecular complexity index is 1160. The van der Waals surface area contributed by atoms with Gasteiger partial charge in [0.1, 0.15) is 9.96 Å². The summed E-state index contributed by atoms with van der Waals surface area (Å²) in [5.41, 5.74) is 0.225. The summed E-state index contributed by atoms with van der Waals surface area (Å²) in [6, 6.07) is 14.2. The van der Waals surface area contributed by atoms with Crippen LogP contribution in [0.1, 0.15) is 0 Å². The minimum Gasteiger partial charge on any atom is -0.484 e. The van der Waals surface area contributed by atoms with E-state index in [9.17, 15) is 26.4 Å². The third kappa shape index (κ3) is 5.92. The Balaban J connectivity index is 1.60. The fourth-order valence-electron chi connectivity index (χ4n) is 2.56. The van der Waals surface area contributed by atoms with E-state index in [2.05, 4.69) is 10.1 Å². The van der Waals surface area contributed by atoms with E-state index in [1.54, 1.807) is 11.4 Å². The smallest absolute Gasteiger partial charge is 0.484 e. The van der Waals surface area contributed by atoms with Crippen LogP contribution in [0, 0.1) is 0 Å². The SMILES string of the molecule is CN(c1ccc(OCC(=O)Nc2ccccc2OC(F)(F)F)cc1)S(=O)(=O)c1cccs1. The highest BCUT2D eigenvalue weighted by Crippen LogP contribution is 2.30. The number of sulfonamides is 1. The Labute approximate surface area is 186 Å². The van der Waals surface area contributed by atoms with E-state index in [0.29, 0.717) is 5.69 Å². The van der Waals surface area contributed by atoms with Crippen LogP contribution in [0.4, 0.5) is 24.5 Å². The highest BCUT2D eigenvalue weighted by atomic mass is 32.2. The van der Waals surface area contributed by atoms with Gasteiger partial charge >= 0.3 is 6.36 Å². The summed E-state index contributed by atoms with van der Waals surface area (Å²) in [6.07, 6.45) is -4.90. The van der Waals surface area contributed by atoms with E-state index in [1.807, 2.05) is 0 Å². The van der Waals surface area contributed by atoms with Crippen molar-refractivity contribution in [3.8, 4) is 11.5 Å². The van der Waals surface area contributed by atoms with Crippen molar-refractivity contribution in [3.05, 3.63) is 66.0 Å². The Morgan fingerprint density at radius 3 is 2.38 bits per heavy atom. The highest BCUT2D eigenvalue weighted by molar-refractivity contribution is 7.94. The first-order valence-electron chi connectivity index (χ1n) is 8.96. The van der Waals surface area contributed by atoms with Crippen molar-refractivity contribution in [3.63, 3.8) is 0 Å². The fraction of sp³-hybridized carbons (Fsp3) is 0.150. The number of nitrogens with one attached hydrogen (secondary N) is 1. The first-order valence-corrected chi connectivity index (χ1v) is 11.3. The van der Waals surface area contributed by atoms with E-state index in [0.717, 1.165) is 21.7 Å². The maximum Gasteiger partial charge on any atom is 0.573 e. The van der Waals surface area contributed by atoms with Crippen molar-refractivity contribution < 1.29 is 35.9 Å². The molecule has 12 heteroatoms. The van der Waals surface area contributed by atoms with Crippen LogP contribution in [0.25, 0.3) is 0 Å². The van der Waals surface area contributed by atoms with Gasteiger partial charge in [-0.2, -0.15) is 0 Å². The van der Waals surface area contributed by atoms with Crippen molar-refractivity contribution in [2.24, 2.45) is 0 Å². The van der Waals surface area contributed by atoms with Gasteiger partial charge < -0.3 is 14.8 Å². The monoisotopic (exact) mass is 486 g/mol. The van der Waals surface area contributed by atoms with Crippen molar-refractivity contribution in [2.45, 2.75) is 10.6 Å². The predicted molar refractivity (Wildman–Crippen MR) is 114 cm³/mol. The van der Waals surface area contributed by atoms with Crippen LogP contribution in [0.3, 0.4) is 0 Å². The lowest BCUT2D eigenvalue weighted by Crippen LogP contribution is -2.25. The number of alkyl halides is 3. The minimum absolute atomic E-state index is 0.158. The summed E-state index contributed by atoms with van der Waals surface area (Å²) >= 11 is 1.10. The van der Waals surface area contributed by atoms with E-state index in [-0.39, 0.29) is 15.6 Å². The van der Waals surface area contributed by atoms with Gasteiger partial charge in [-0.05, 0) is 47.8 Å². The molecule has 7 nitrogen and oxygen atoms in total. The number of carbonyl (C=O) groups excluding carboxylic acids is 1. The second-order valence-electron chi connectivity index (χ2n) is 6.28. The number of benzene rings is 2. The molecule has 0 aliphatic carbocycles. The lowest BCUT2D eigenvalue weighted by Gasteiger charge is -2.18. The van der Waals surface area contributed by atoms with Crippen LogP contribution in [0.15, 0.2) is 70.3 Å². The number of hydrogen-bond donors (Lipinski definition) is 1. The molecule has 32 heavy (non-hydrogen) atoms. The van der Waals surface area contributed by atoms with Gasteiger partial charge in [0.15, 0.2) is 12.4 Å².